The molecular weight excluding hydrogens is 361 g/mol. The first kappa shape index (κ1) is 14.0. The smallest absolute Gasteiger partial charge is 0.313 e. The van der Waals surface area contributed by atoms with Gasteiger partial charge in [-0.05, 0) is 48.0 Å². The molecule has 1 fully saturated rings. The van der Waals surface area contributed by atoms with Gasteiger partial charge in [0.05, 0.1) is 20.1 Å². The molecule has 0 aliphatic carbocycles. The Morgan fingerprint density at radius 1 is 1.63 bits per heavy atom. The van der Waals surface area contributed by atoms with E-state index in [9.17, 15) is 10.1 Å². The summed E-state index contributed by atoms with van der Waals surface area (Å²) in [5, 5.41) is 23.1. The van der Waals surface area contributed by atoms with Crippen LogP contribution in [-0.2, 0) is 0 Å². The molecule has 1 aliphatic rings. The van der Waals surface area contributed by atoms with Gasteiger partial charge in [-0.1, -0.05) is 0 Å². The Morgan fingerprint density at radius 3 is 3.00 bits per heavy atom. The quantitative estimate of drug-likeness (QED) is 0.497. The molecule has 19 heavy (non-hydrogen) atoms. The third-order valence-electron chi connectivity index (χ3n) is 2.94. The SMILES string of the molecule is N#Cc1cc(I)c(OC[C@@H]2CCCN2)c([N+](=O)[O-])c1. The van der Waals surface area contributed by atoms with Crippen LogP contribution in [-0.4, -0.2) is 24.1 Å². The fourth-order valence-corrected chi connectivity index (χ4v) is 2.77. The lowest BCUT2D eigenvalue weighted by molar-refractivity contribution is -0.386. The maximum Gasteiger partial charge on any atom is 0.313 e. The zero-order valence-corrected chi connectivity index (χ0v) is 12.2. The normalized spacial score (nSPS) is 18.0. The van der Waals surface area contributed by atoms with Gasteiger partial charge < -0.3 is 10.1 Å². The Morgan fingerprint density at radius 2 is 2.42 bits per heavy atom. The molecule has 2 rings (SSSR count). The first-order valence-corrected chi connectivity index (χ1v) is 6.94. The van der Waals surface area contributed by atoms with Gasteiger partial charge in [-0.3, -0.25) is 10.1 Å². The van der Waals surface area contributed by atoms with Gasteiger partial charge in [0, 0.05) is 12.1 Å². The van der Waals surface area contributed by atoms with E-state index in [1.807, 2.05) is 28.7 Å². The molecule has 0 spiro atoms. The summed E-state index contributed by atoms with van der Waals surface area (Å²) < 4.78 is 6.18. The molecule has 0 saturated carbocycles. The third-order valence-corrected chi connectivity index (χ3v) is 3.74. The van der Waals surface area contributed by atoms with E-state index in [1.54, 1.807) is 6.07 Å². The zero-order valence-electron chi connectivity index (χ0n) is 10.1. The Hall–Kier alpha value is -1.40. The number of halogens is 1. The van der Waals surface area contributed by atoms with Gasteiger partial charge in [-0.15, -0.1) is 0 Å². The summed E-state index contributed by atoms with van der Waals surface area (Å²) in [5.41, 5.74) is 0.115. The Balaban J connectivity index is 2.22. The minimum Gasteiger partial charge on any atom is -0.484 e. The van der Waals surface area contributed by atoms with Crippen LogP contribution in [0.4, 0.5) is 5.69 Å². The van der Waals surface area contributed by atoms with Gasteiger partial charge in [-0.2, -0.15) is 5.26 Å². The summed E-state index contributed by atoms with van der Waals surface area (Å²) >= 11 is 1.95. The zero-order chi connectivity index (χ0) is 13.8. The van der Waals surface area contributed by atoms with Crippen LogP contribution in [0.5, 0.6) is 5.75 Å². The van der Waals surface area contributed by atoms with Crippen LogP contribution in [0, 0.1) is 25.0 Å². The van der Waals surface area contributed by atoms with Gasteiger partial charge in [0.1, 0.15) is 6.61 Å². The molecule has 7 heteroatoms. The van der Waals surface area contributed by atoms with Crippen molar-refractivity contribution in [2.75, 3.05) is 13.2 Å². The molecule has 0 amide bonds. The highest BCUT2D eigenvalue weighted by Gasteiger charge is 2.22. The summed E-state index contributed by atoms with van der Waals surface area (Å²) in [5.74, 6) is 0.248. The van der Waals surface area contributed by atoms with Crippen LogP contribution in [0.15, 0.2) is 12.1 Å². The van der Waals surface area contributed by atoms with Gasteiger partial charge in [0.15, 0.2) is 0 Å². The lowest BCUT2D eigenvalue weighted by atomic mass is 10.2. The molecule has 1 heterocycles. The van der Waals surface area contributed by atoms with Gasteiger partial charge >= 0.3 is 5.69 Å². The van der Waals surface area contributed by atoms with Crippen molar-refractivity contribution >= 4 is 28.3 Å². The Kier molecular flexibility index (Phi) is 4.55. The van der Waals surface area contributed by atoms with Crippen LogP contribution in [0.25, 0.3) is 0 Å². The lowest BCUT2D eigenvalue weighted by Crippen LogP contribution is -2.28. The summed E-state index contributed by atoms with van der Waals surface area (Å²) in [4.78, 5) is 10.5. The van der Waals surface area contributed by atoms with Gasteiger partial charge in [0.25, 0.3) is 0 Å². The molecule has 1 N–H and O–H groups in total. The second kappa shape index (κ2) is 6.16. The van der Waals surface area contributed by atoms with E-state index in [-0.39, 0.29) is 23.0 Å². The van der Waals surface area contributed by atoms with Crippen molar-refractivity contribution in [3.05, 3.63) is 31.4 Å². The fraction of sp³-hybridized carbons (Fsp3) is 0.417. The largest absolute Gasteiger partial charge is 0.484 e. The molecule has 1 aromatic carbocycles. The van der Waals surface area contributed by atoms with Crippen LogP contribution in [0.1, 0.15) is 18.4 Å². The third kappa shape index (κ3) is 3.33. The predicted molar refractivity (Wildman–Crippen MR) is 77.0 cm³/mol. The number of nitrogens with one attached hydrogen (secondary N) is 1. The van der Waals surface area contributed by atoms with E-state index in [1.165, 1.54) is 6.07 Å². The molecule has 100 valence electrons. The van der Waals surface area contributed by atoms with E-state index in [4.69, 9.17) is 10.00 Å². The van der Waals surface area contributed by atoms with Crippen molar-refractivity contribution in [2.24, 2.45) is 0 Å². The molecule has 0 radical (unpaired) electrons. The Bertz CT molecular complexity index is 536. The molecule has 1 aliphatic heterocycles. The van der Waals surface area contributed by atoms with Crippen molar-refractivity contribution in [2.45, 2.75) is 18.9 Å². The molecule has 0 bridgehead atoms. The van der Waals surface area contributed by atoms with Crippen LogP contribution >= 0.6 is 22.6 Å². The van der Waals surface area contributed by atoms with E-state index in [0.29, 0.717) is 10.2 Å². The van der Waals surface area contributed by atoms with E-state index < -0.39 is 4.92 Å². The summed E-state index contributed by atoms with van der Waals surface area (Å²) in [6.07, 6.45) is 2.11. The predicted octanol–water partition coefficient (Wildman–Crippen LogP) is 2.20. The number of hydrogen-bond donors (Lipinski definition) is 1. The molecule has 1 aromatic rings. The average molecular weight is 373 g/mol. The van der Waals surface area contributed by atoms with Crippen molar-refractivity contribution < 1.29 is 9.66 Å². The highest BCUT2D eigenvalue weighted by atomic mass is 127. The molecule has 6 nitrogen and oxygen atoms in total. The minimum absolute atomic E-state index is 0.151. The molecule has 1 atom stereocenters. The van der Waals surface area contributed by atoms with Crippen molar-refractivity contribution in [1.82, 2.24) is 5.32 Å². The van der Waals surface area contributed by atoms with Crippen molar-refractivity contribution in [3.8, 4) is 11.8 Å². The van der Waals surface area contributed by atoms with E-state index >= 15 is 0 Å². The second-order valence-corrected chi connectivity index (χ2v) is 5.44. The average Bonchev–Trinajstić information content (AvgIpc) is 2.89. The maximum absolute atomic E-state index is 11.0. The van der Waals surface area contributed by atoms with Crippen LogP contribution < -0.4 is 10.1 Å². The van der Waals surface area contributed by atoms with Crippen LogP contribution in [0.2, 0.25) is 0 Å². The standard InChI is InChI=1S/C12H12IN3O3/c13-10-4-8(6-14)5-11(16(17)18)12(10)19-7-9-2-1-3-15-9/h4-5,9,15H,1-3,7H2/t9-/m0/s1. The first-order chi connectivity index (χ1) is 9.11. The number of hydrogen-bond acceptors (Lipinski definition) is 5. The minimum atomic E-state index is -0.513. The number of nitro benzene ring substituents is 1. The molecular formula is C12H12IN3O3. The summed E-state index contributed by atoms with van der Waals surface area (Å²) in [7, 11) is 0. The molecule has 1 saturated heterocycles. The highest BCUT2D eigenvalue weighted by Crippen LogP contribution is 2.33. The van der Waals surface area contributed by atoms with E-state index in [0.717, 1.165) is 19.4 Å². The summed E-state index contributed by atoms with van der Waals surface area (Å²) in [6, 6.07) is 4.99. The number of benzene rings is 1. The van der Waals surface area contributed by atoms with Crippen LogP contribution in [0.3, 0.4) is 0 Å². The topological polar surface area (TPSA) is 88.2 Å². The highest BCUT2D eigenvalue weighted by molar-refractivity contribution is 14.1. The number of nitrogens with zero attached hydrogens (tertiary/aromatic N) is 2. The fourth-order valence-electron chi connectivity index (χ4n) is 2.00. The lowest BCUT2D eigenvalue weighted by Gasteiger charge is -2.13. The summed E-state index contributed by atoms with van der Waals surface area (Å²) in [6.45, 7) is 1.36. The maximum atomic E-state index is 11.0. The Labute approximate surface area is 124 Å². The number of ether oxygens (including phenoxy) is 1. The van der Waals surface area contributed by atoms with Gasteiger partial charge in [0.2, 0.25) is 5.75 Å². The van der Waals surface area contributed by atoms with Crippen molar-refractivity contribution in [3.63, 3.8) is 0 Å². The first-order valence-electron chi connectivity index (χ1n) is 5.86. The molecule has 0 aromatic heterocycles. The monoisotopic (exact) mass is 373 g/mol. The van der Waals surface area contributed by atoms with E-state index in [2.05, 4.69) is 5.32 Å². The van der Waals surface area contributed by atoms with Crippen molar-refractivity contribution in [1.29, 1.82) is 5.26 Å². The second-order valence-electron chi connectivity index (χ2n) is 4.28. The van der Waals surface area contributed by atoms with Gasteiger partial charge in [-0.25, -0.2) is 0 Å². The number of nitro groups is 1. The number of rotatable bonds is 4. The molecule has 0 unspecified atom stereocenters. The number of nitriles is 1.